The van der Waals surface area contributed by atoms with E-state index in [2.05, 4.69) is 30.7 Å². The Labute approximate surface area is 167 Å². The summed E-state index contributed by atoms with van der Waals surface area (Å²) >= 11 is 2.52. The summed E-state index contributed by atoms with van der Waals surface area (Å²) < 4.78 is 10.9. The van der Waals surface area contributed by atoms with Crippen molar-refractivity contribution in [2.75, 3.05) is 11.1 Å². The maximum absolute atomic E-state index is 12.1. The second-order valence-electron chi connectivity index (χ2n) is 5.44. The molecule has 0 atom stereocenters. The van der Waals surface area contributed by atoms with Gasteiger partial charge in [-0.2, -0.15) is 0 Å². The molecule has 0 fully saturated rings. The minimum atomic E-state index is -0.220. The fourth-order valence-corrected chi connectivity index (χ4v) is 3.55. The molecule has 0 spiro atoms. The number of hydrogen-bond acceptors (Lipinski definition) is 10. The van der Waals surface area contributed by atoms with Gasteiger partial charge in [0, 0.05) is 0 Å². The van der Waals surface area contributed by atoms with Crippen molar-refractivity contribution >= 4 is 34.1 Å². The predicted molar refractivity (Wildman–Crippen MR) is 104 cm³/mol. The molecule has 11 heteroatoms. The Balaban J connectivity index is 1.49. The molecule has 0 aliphatic rings. The Morgan fingerprint density at radius 3 is 2.46 bits per heavy atom. The molecule has 9 nitrogen and oxygen atoms in total. The Kier molecular flexibility index (Phi) is 5.44. The zero-order chi connectivity index (χ0) is 19.3. The van der Waals surface area contributed by atoms with Gasteiger partial charge in [-0.25, -0.2) is 4.98 Å². The second-order valence-corrected chi connectivity index (χ2v) is 7.44. The van der Waals surface area contributed by atoms with Crippen LogP contribution in [0.2, 0.25) is 0 Å². The number of anilines is 1. The Bertz CT molecular complexity index is 1060. The lowest BCUT2D eigenvalue weighted by atomic mass is 10.2. The highest BCUT2D eigenvalue weighted by Gasteiger charge is 2.18. The Morgan fingerprint density at radius 2 is 1.82 bits per heavy atom. The molecule has 1 N–H and O–H groups in total. The third-order valence-electron chi connectivity index (χ3n) is 3.52. The molecular formula is C17H14N6O3S2. The average molecular weight is 414 g/mol. The molecule has 0 aliphatic carbocycles. The van der Waals surface area contributed by atoms with Gasteiger partial charge in [-0.15, -0.1) is 20.4 Å². The van der Waals surface area contributed by atoms with E-state index in [1.54, 1.807) is 36.8 Å². The van der Waals surface area contributed by atoms with Crippen LogP contribution in [0.1, 0.15) is 11.9 Å². The van der Waals surface area contributed by atoms with Gasteiger partial charge >= 0.3 is 0 Å². The van der Waals surface area contributed by atoms with Crippen LogP contribution in [-0.2, 0) is 11.2 Å². The first-order chi connectivity index (χ1) is 13.7. The monoisotopic (exact) mass is 414 g/mol. The molecule has 4 rings (SSSR count). The van der Waals surface area contributed by atoms with E-state index in [1.165, 1.54) is 23.1 Å². The summed E-state index contributed by atoms with van der Waals surface area (Å²) in [7, 11) is 0. The van der Waals surface area contributed by atoms with Crippen LogP contribution in [0, 0.1) is 0 Å². The fourth-order valence-electron chi connectivity index (χ4n) is 2.27. The lowest BCUT2D eigenvalue weighted by Crippen LogP contribution is -2.14. The SMILES string of the molecule is CCc1nnc(NC(=O)CSc2nnc(-c3ccco3)c(-c3ccco3)n2)s1. The highest BCUT2D eigenvalue weighted by molar-refractivity contribution is 7.99. The van der Waals surface area contributed by atoms with E-state index in [0.717, 1.165) is 11.4 Å². The van der Waals surface area contributed by atoms with E-state index in [9.17, 15) is 4.79 Å². The highest BCUT2D eigenvalue weighted by Crippen LogP contribution is 2.30. The minimum absolute atomic E-state index is 0.112. The Hall–Kier alpha value is -3.05. The molecule has 1 amide bonds. The molecule has 28 heavy (non-hydrogen) atoms. The third kappa shape index (κ3) is 4.10. The first kappa shape index (κ1) is 18.3. The van der Waals surface area contributed by atoms with Crippen molar-refractivity contribution in [1.29, 1.82) is 0 Å². The maximum Gasteiger partial charge on any atom is 0.236 e. The molecule has 4 aromatic heterocycles. The fraction of sp³-hybridized carbons (Fsp3) is 0.176. The van der Waals surface area contributed by atoms with Gasteiger partial charge in [-0.3, -0.25) is 10.1 Å². The molecule has 0 aliphatic heterocycles. The number of rotatable bonds is 7. The molecule has 142 valence electrons. The molecular weight excluding hydrogens is 400 g/mol. The van der Waals surface area contributed by atoms with E-state index in [1.807, 2.05) is 6.92 Å². The lowest BCUT2D eigenvalue weighted by Gasteiger charge is -2.05. The largest absolute Gasteiger partial charge is 0.463 e. The van der Waals surface area contributed by atoms with Crippen LogP contribution in [0.25, 0.3) is 22.9 Å². The number of aromatic nitrogens is 5. The minimum Gasteiger partial charge on any atom is -0.463 e. The van der Waals surface area contributed by atoms with Gasteiger partial charge in [0.2, 0.25) is 16.2 Å². The van der Waals surface area contributed by atoms with Gasteiger partial charge in [0.05, 0.1) is 18.3 Å². The van der Waals surface area contributed by atoms with Crippen molar-refractivity contribution in [2.45, 2.75) is 18.5 Å². The van der Waals surface area contributed by atoms with E-state index in [0.29, 0.717) is 33.2 Å². The molecule has 0 bridgehead atoms. The van der Waals surface area contributed by atoms with E-state index in [-0.39, 0.29) is 11.7 Å². The number of nitrogens with one attached hydrogen (secondary N) is 1. The maximum atomic E-state index is 12.1. The molecule has 0 saturated heterocycles. The van der Waals surface area contributed by atoms with Crippen LogP contribution in [0.4, 0.5) is 5.13 Å². The first-order valence-electron chi connectivity index (χ1n) is 8.30. The number of carbonyl (C=O) groups is 1. The lowest BCUT2D eigenvalue weighted by molar-refractivity contribution is -0.113. The summed E-state index contributed by atoms with van der Waals surface area (Å²) in [4.78, 5) is 16.6. The van der Waals surface area contributed by atoms with Crippen LogP contribution >= 0.6 is 23.1 Å². The van der Waals surface area contributed by atoms with Crippen LogP contribution in [0.15, 0.2) is 50.8 Å². The number of hydrogen-bond donors (Lipinski definition) is 1. The van der Waals surface area contributed by atoms with Gasteiger partial charge in [0.1, 0.15) is 10.7 Å². The highest BCUT2D eigenvalue weighted by atomic mass is 32.2. The summed E-state index contributed by atoms with van der Waals surface area (Å²) in [6, 6.07) is 7.06. The summed E-state index contributed by atoms with van der Waals surface area (Å²) in [5, 5.41) is 20.6. The van der Waals surface area contributed by atoms with Crippen molar-refractivity contribution in [3.8, 4) is 22.9 Å². The van der Waals surface area contributed by atoms with Crippen LogP contribution in [0.3, 0.4) is 0 Å². The zero-order valence-corrected chi connectivity index (χ0v) is 16.3. The summed E-state index contributed by atoms with van der Waals surface area (Å²) in [6.45, 7) is 1.98. The molecule has 4 heterocycles. The third-order valence-corrected chi connectivity index (χ3v) is 5.35. The van der Waals surface area contributed by atoms with Gasteiger partial charge in [-0.1, -0.05) is 30.0 Å². The van der Waals surface area contributed by atoms with Crippen molar-refractivity contribution in [1.82, 2.24) is 25.4 Å². The summed E-state index contributed by atoms with van der Waals surface area (Å²) in [6.07, 6.45) is 3.88. The Morgan fingerprint density at radius 1 is 1.07 bits per heavy atom. The standard InChI is InChI=1S/C17H14N6O3S2/c1-2-13-20-23-17(28-13)18-12(24)9-27-16-19-14(10-5-3-7-25-10)15(21-22-16)11-6-4-8-26-11/h3-8H,2,9H2,1H3,(H,18,23,24). The first-order valence-corrected chi connectivity index (χ1v) is 10.1. The molecule has 0 saturated carbocycles. The average Bonchev–Trinajstić information content (AvgIpc) is 3.48. The zero-order valence-electron chi connectivity index (χ0n) is 14.7. The number of nitrogens with zero attached hydrogens (tertiary/aromatic N) is 5. The van der Waals surface area contributed by atoms with E-state index >= 15 is 0 Å². The topological polar surface area (TPSA) is 120 Å². The van der Waals surface area contributed by atoms with Crippen molar-refractivity contribution in [3.05, 3.63) is 41.8 Å². The van der Waals surface area contributed by atoms with Crippen LogP contribution in [0.5, 0.6) is 0 Å². The van der Waals surface area contributed by atoms with Gasteiger partial charge in [0.15, 0.2) is 17.2 Å². The number of thioether (sulfide) groups is 1. The number of amides is 1. The van der Waals surface area contributed by atoms with E-state index < -0.39 is 0 Å². The number of carbonyl (C=O) groups excluding carboxylic acids is 1. The summed E-state index contributed by atoms with van der Waals surface area (Å²) in [5.74, 6) is 0.958. The van der Waals surface area contributed by atoms with Gasteiger partial charge < -0.3 is 8.83 Å². The van der Waals surface area contributed by atoms with Crippen LogP contribution in [-0.4, -0.2) is 37.0 Å². The quantitative estimate of drug-likeness (QED) is 0.453. The number of furan rings is 2. The molecule has 0 aromatic carbocycles. The van der Waals surface area contributed by atoms with Crippen molar-refractivity contribution in [2.24, 2.45) is 0 Å². The molecule has 0 unspecified atom stereocenters. The molecule has 0 radical (unpaired) electrons. The van der Waals surface area contributed by atoms with Gasteiger partial charge in [0.25, 0.3) is 0 Å². The molecule has 4 aromatic rings. The van der Waals surface area contributed by atoms with E-state index in [4.69, 9.17) is 8.83 Å². The predicted octanol–water partition coefficient (Wildman–Crippen LogP) is 3.54. The van der Waals surface area contributed by atoms with Crippen molar-refractivity contribution in [3.63, 3.8) is 0 Å². The van der Waals surface area contributed by atoms with Crippen molar-refractivity contribution < 1.29 is 13.6 Å². The number of aryl methyl sites for hydroxylation is 1. The second kappa shape index (κ2) is 8.31. The summed E-state index contributed by atoms with van der Waals surface area (Å²) in [5.41, 5.74) is 0.962. The normalized spacial score (nSPS) is 10.9. The smallest absolute Gasteiger partial charge is 0.236 e. The van der Waals surface area contributed by atoms with Crippen LogP contribution < -0.4 is 5.32 Å². The van der Waals surface area contributed by atoms with Gasteiger partial charge in [-0.05, 0) is 30.7 Å².